The van der Waals surface area contributed by atoms with Crippen molar-refractivity contribution in [3.63, 3.8) is 0 Å². The molecule has 3 aromatic rings. The average molecular weight is 307 g/mol. The minimum absolute atomic E-state index is 0.253. The van der Waals surface area contributed by atoms with Crippen molar-refractivity contribution in [3.05, 3.63) is 41.9 Å². The molecule has 1 aliphatic heterocycles. The summed E-state index contributed by atoms with van der Waals surface area (Å²) in [4.78, 5) is 9.45. The molecule has 116 valence electrons. The summed E-state index contributed by atoms with van der Waals surface area (Å²) < 4.78 is 11.0. The monoisotopic (exact) mass is 307 g/mol. The van der Waals surface area contributed by atoms with Gasteiger partial charge in [-0.25, -0.2) is 0 Å². The molecular weight excluding hydrogens is 290 g/mol. The predicted molar refractivity (Wildman–Crippen MR) is 85.2 cm³/mol. The quantitative estimate of drug-likeness (QED) is 0.739. The van der Waals surface area contributed by atoms with Crippen molar-refractivity contribution in [2.24, 2.45) is 0 Å². The summed E-state index contributed by atoms with van der Waals surface area (Å²) in [5.74, 6) is 2.19. The van der Waals surface area contributed by atoms with Crippen LogP contribution in [0.25, 0.3) is 22.4 Å². The molecule has 5 nitrogen and oxygen atoms in total. The highest BCUT2D eigenvalue weighted by molar-refractivity contribution is 5.92. The van der Waals surface area contributed by atoms with Crippen LogP contribution in [0, 0.1) is 0 Å². The van der Waals surface area contributed by atoms with E-state index in [0.29, 0.717) is 18.4 Å². The molecule has 3 heterocycles. The van der Waals surface area contributed by atoms with E-state index in [1.807, 2.05) is 18.2 Å². The fraction of sp³-hybridized carbons (Fsp3) is 0.389. The first-order valence-electron chi connectivity index (χ1n) is 8.20. The molecule has 1 saturated heterocycles. The number of rotatable bonds is 3. The van der Waals surface area contributed by atoms with Crippen LogP contribution in [0.3, 0.4) is 0 Å². The number of para-hydroxylation sites is 1. The molecule has 5 rings (SSSR count). The summed E-state index contributed by atoms with van der Waals surface area (Å²) in [6.45, 7) is 1.46. The highest BCUT2D eigenvalue weighted by Crippen LogP contribution is 2.41. The zero-order valence-corrected chi connectivity index (χ0v) is 12.7. The number of nitrogens with zero attached hydrogens (tertiary/aromatic N) is 3. The van der Waals surface area contributed by atoms with E-state index in [1.165, 1.54) is 12.8 Å². The molecular formula is C18H17N3O2. The van der Waals surface area contributed by atoms with E-state index < -0.39 is 0 Å². The molecule has 0 bridgehead atoms. The van der Waals surface area contributed by atoms with Crippen molar-refractivity contribution in [2.75, 3.05) is 13.2 Å². The Bertz CT molecular complexity index is 864. The van der Waals surface area contributed by atoms with Crippen LogP contribution in [0.1, 0.15) is 42.6 Å². The number of hydrogen-bond donors (Lipinski definition) is 0. The van der Waals surface area contributed by atoms with Gasteiger partial charge in [-0.2, -0.15) is 4.98 Å². The van der Waals surface area contributed by atoms with Crippen LogP contribution in [-0.2, 0) is 4.74 Å². The average Bonchev–Trinajstić information content (AvgIpc) is 3.10. The van der Waals surface area contributed by atoms with E-state index in [9.17, 15) is 0 Å². The van der Waals surface area contributed by atoms with E-state index in [2.05, 4.69) is 22.3 Å². The minimum atomic E-state index is 0.253. The van der Waals surface area contributed by atoms with Crippen molar-refractivity contribution in [1.29, 1.82) is 0 Å². The molecule has 1 aliphatic carbocycles. The Kier molecular flexibility index (Phi) is 2.94. The second kappa shape index (κ2) is 5.13. The summed E-state index contributed by atoms with van der Waals surface area (Å²) in [6.07, 6.45) is 3.40. The lowest BCUT2D eigenvalue weighted by Gasteiger charge is -2.06. The standard InChI is InChI=1S/C18H17N3O2/c1-2-4-15-13(3-1)14(9-16(19-15)11-5-6-11)18-20-17(21-23-18)12-7-8-22-10-12/h1-4,9,11-12H,5-8,10H2/t12-/m1/s1. The van der Waals surface area contributed by atoms with Crippen LogP contribution >= 0.6 is 0 Å². The fourth-order valence-electron chi connectivity index (χ4n) is 3.21. The number of pyridine rings is 1. The van der Waals surface area contributed by atoms with Crippen LogP contribution in [0.15, 0.2) is 34.9 Å². The second-order valence-corrected chi connectivity index (χ2v) is 6.40. The maximum Gasteiger partial charge on any atom is 0.258 e. The van der Waals surface area contributed by atoms with Crippen LogP contribution in [-0.4, -0.2) is 28.3 Å². The SMILES string of the molecule is c1ccc2c(-c3nc([C@@H]4CCOC4)no3)cc(C3CC3)nc2c1. The number of hydrogen-bond acceptors (Lipinski definition) is 5. The van der Waals surface area contributed by atoms with Gasteiger partial charge >= 0.3 is 0 Å². The van der Waals surface area contributed by atoms with Gasteiger partial charge in [0.15, 0.2) is 5.82 Å². The van der Waals surface area contributed by atoms with Crippen molar-refractivity contribution < 1.29 is 9.26 Å². The van der Waals surface area contributed by atoms with Gasteiger partial charge in [-0.1, -0.05) is 23.4 Å². The van der Waals surface area contributed by atoms with E-state index in [0.717, 1.165) is 41.0 Å². The molecule has 2 aromatic heterocycles. The Hall–Kier alpha value is -2.27. The van der Waals surface area contributed by atoms with Gasteiger partial charge in [0.05, 0.1) is 17.7 Å². The molecule has 2 fully saturated rings. The first kappa shape index (κ1) is 13.2. The van der Waals surface area contributed by atoms with Gasteiger partial charge in [-0.15, -0.1) is 0 Å². The fourth-order valence-corrected chi connectivity index (χ4v) is 3.21. The summed E-state index contributed by atoms with van der Waals surface area (Å²) >= 11 is 0. The molecule has 23 heavy (non-hydrogen) atoms. The molecule has 0 unspecified atom stereocenters. The molecule has 1 atom stereocenters. The highest BCUT2D eigenvalue weighted by atomic mass is 16.5. The molecule has 1 saturated carbocycles. The molecule has 0 radical (unpaired) electrons. The Morgan fingerprint density at radius 3 is 2.74 bits per heavy atom. The normalized spacial score (nSPS) is 21.1. The van der Waals surface area contributed by atoms with Gasteiger partial charge in [0.1, 0.15) is 0 Å². The smallest absolute Gasteiger partial charge is 0.258 e. The molecule has 0 spiro atoms. The van der Waals surface area contributed by atoms with Crippen LogP contribution in [0.5, 0.6) is 0 Å². The maximum absolute atomic E-state index is 5.58. The summed E-state index contributed by atoms with van der Waals surface area (Å²) in [5.41, 5.74) is 3.13. The van der Waals surface area contributed by atoms with Gasteiger partial charge in [-0.3, -0.25) is 4.98 Å². The Balaban J connectivity index is 1.63. The molecule has 5 heteroatoms. The third kappa shape index (κ3) is 2.32. The summed E-state index contributed by atoms with van der Waals surface area (Å²) in [7, 11) is 0. The highest BCUT2D eigenvalue weighted by Gasteiger charge is 2.28. The van der Waals surface area contributed by atoms with Gasteiger partial charge in [0, 0.05) is 29.5 Å². The predicted octanol–water partition coefficient (Wildman–Crippen LogP) is 3.67. The number of fused-ring (bicyclic) bond motifs is 1. The lowest BCUT2D eigenvalue weighted by molar-refractivity contribution is 0.192. The third-order valence-electron chi connectivity index (χ3n) is 4.70. The number of aromatic nitrogens is 3. The van der Waals surface area contributed by atoms with Crippen LogP contribution in [0.2, 0.25) is 0 Å². The lowest BCUT2D eigenvalue weighted by Crippen LogP contribution is -1.99. The Morgan fingerprint density at radius 2 is 1.91 bits per heavy atom. The third-order valence-corrected chi connectivity index (χ3v) is 4.70. The topological polar surface area (TPSA) is 61.0 Å². The van der Waals surface area contributed by atoms with Crippen molar-refractivity contribution in [1.82, 2.24) is 15.1 Å². The van der Waals surface area contributed by atoms with Gasteiger partial charge in [0.25, 0.3) is 5.89 Å². The Morgan fingerprint density at radius 1 is 1.00 bits per heavy atom. The van der Waals surface area contributed by atoms with Crippen LogP contribution in [0.4, 0.5) is 0 Å². The van der Waals surface area contributed by atoms with Gasteiger partial charge in [-0.05, 0) is 31.4 Å². The second-order valence-electron chi connectivity index (χ2n) is 6.40. The Labute approximate surface area is 133 Å². The van der Waals surface area contributed by atoms with Crippen molar-refractivity contribution >= 4 is 10.9 Å². The molecule has 0 amide bonds. The molecule has 1 aromatic carbocycles. The molecule has 2 aliphatic rings. The van der Waals surface area contributed by atoms with E-state index in [4.69, 9.17) is 14.2 Å². The minimum Gasteiger partial charge on any atom is -0.381 e. The largest absolute Gasteiger partial charge is 0.381 e. The zero-order valence-electron chi connectivity index (χ0n) is 12.7. The maximum atomic E-state index is 5.58. The first-order chi connectivity index (χ1) is 11.4. The lowest BCUT2D eigenvalue weighted by atomic mass is 10.1. The van der Waals surface area contributed by atoms with Crippen molar-refractivity contribution in [3.8, 4) is 11.5 Å². The van der Waals surface area contributed by atoms with Gasteiger partial charge < -0.3 is 9.26 Å². The summed E-state index contributed by atoms with van der Waals surface area (Å²) in [5, 5.41) is 5.25. The van der Waals surface area contributed by atoms with Crippen molar-refractivity contribution in [2.45, 2.75) is 31.1 Å². The number of ether oxygens (including phenoxy) is 1. The first-order valence-corrected chi connectivity index (χ1v) is 8.20. The summed E-state index contributed by atoms with van der Waals surface area (Å²) in [6, 6.07) is 10.3. The number of benzene rings is 1. The van der Waals surface area contributed by atoms with Crippen LogP contribution < -0.4 is 0 Å². The molecule has 0 N–H and O–H groups in total. The van der Waals surface area contributed by atoms with Gasteiger partial charge in [0.2, 0.25) is 0 Å². The van der Waals surface area contributed by atoms with E-state index in [1.54, 1.807) is 0 Å². The zero-order chi connectivity index (χ0) is 15.2. The van der Waals surface area contributed by atoms with E-state index >= 15 is 0 Å². The van der Waals surface area contributed by atoms with E-state index in [-0.39, 0.29) is 5.92 Å².